The second-order valence-corrected chi connectivity index (χ2v) is 9.09. The molecule has 0 radical (unpaired) electrons. The summed E-state index contributed by atoms with van der Waals surface area (Å²) in [7, 11) is 1.94. The molecule has 0 spiro atoms. The number of anilines is 1. The lowest BCUT2D eigenvalue weighted by molar-refractivity contribution is -0.132. The highest BCUT2D eigenvalue weighted by molar-refractivity contribution is 6.52. The van der Waals surface area contributed by atoms with Gasteiger partial charge in [-0.25, -0.2) is 0 Å². The van der Waals surface area contributed by atoms with Crippen molar-refractivity contribution in [2.75, 3.05) is 4.90 Å². The van der Waals surface area contributed by atoms with Crippen LogP contribution >= 0.6 is 0 Å². The smallest absolute Gasteiger partial charge is 0.300 e. The Kier molecular flexibility index (Phi) is 5.13. The van der Waals surface area contributed by atoms with E-state index in [-0.39, 0.29) is 11.3 Å². The summed E-state index contributed by atoms with van der Waals surface area (Å²) in [6, 6.07) is 20.3. The number of hydrogen-bond acceptors (Lipinski definition) is 3. The van der Waals surface area contributed by atoms with E-state index in [1.54, 1.807) is 12.1 Å². The molecule has 0 aliphatic carbocycles. The fourth-order valence-corrected chi connectivity index (χ4v) is 4.94. The predicted molar refractivity (Wildman–Crippen MR) is 135 cm³/mol. The summed E-state index contributed by atoms with van der Waals surface area (Å²) < 4.78 is 1.98. The van der Waals surface area contributed by atoms with Crippen LogP contribution in [0, 0.1) is 20.8 Å². The topological polar surface area (TPSA) is 62.5 Å². The van der Waals surface area contributed by atoms with Gasteiger partial charge in [0, 0.05) is 41.0 Å². The van der Waals surface area contributed by atoms with Gasteiger partial charge in [0.05, 0.1) is 11.6 Å². The Labute approximate surface area is 198 Å². The number of rotatable bonds is 3. The third-order valence-corrected chi connectivity index (χ3v) is 6.48. The SMILES string of the molecule is Cc1ccc(/C(O)=C2\C(=O)C(=O)N(c3cc(C)cc(C)c3)C2c2cn(C)c3ccccc23)cc1. The first-order valence-electron chi connectivity index (χ1n) is 11.3. The molecule has 5 nitrogen and oxygen atoms in total. The fourth-order valence-electron chi connectivity index (χ4n) is 4.94. The normalized spacial score (nSPS) is 17.6. The molecule has 1 atom stereocenters. The van der Waals surface area contributed by atoms with Crippen molar-refractivity contribution >= 4 is 34.0 Å². The second-order valence-electron chi connectivity index (χ2n) is 9.09. The molecule has 5 heteroatoms. The highest BCUT2D eigenvalue weighted by atomic mass is 16.3. The summed E-state index contributed by atoms with van der Waals surface area (Å²) in [5.74, 6) is -1.49. The van der Waals surface area contributed by atoms with Crippen LogP contribution in [0.2, 0.25) is 0 Å². The first-order chi connectivity index (χ1) is 16.3. The van der Waals surface area contributed by atoms with Gasteiger partial charge in [-0.15, -0.1) is 0 Å². The number of aryl methyl sites for hydroxylation is 4. The summed E-state index contributed by atoms with van der Waals surface area (Å²) in [5.41, 5.74) is 6.06. The molecule has 170 valence electrons. The Bertz CT molecular complexity index is 1470. The number of benzene rings is 3. The number of carbonyl (C=O) groups excluding carboxylic acids is 2. The van der Waals surface area contributed by atoms with Crippen LogP contribution in [0.3, 0.4) is 0 Å². The summed E-state index contributed by atoms with van der Waals surface area (Å²) in [5, 5.41) is 12.3. The molecule has 1 fully saturated rings. The predicted octanol–water partition coefficient (Wildman–Crippen LogP) is 5.73. The number of hydrogen-bond donors (Lipinski definition) is 1. The molecule has 2 heterocycles. The Morgan fingerprint density at radius 2 is 1.50 bits per heavy atom. The average Bonchev–Trinajstić information content (AvgIpc) is 3.27. The van der Waals surface area contributed by atoms with Crippen molar-refractivity contribution in [2.24, 2.45) is 7.05 Å². The maximum absolute atomic E-state index is 13.5. The minimum atomic E-state index is -0.756. The highest BCUT2D eigenvalue weighted by Gasteiger charge is 2.48. The van der Waals surface area contributed by atoms with Gasteiger partial charge in [-0.1, -0.05) is 54.1 Å². The van der Waals surface area contributed by atoms with Gasteiger partial charge in [-0.2, -0.15) is 0 Å². The van der Waals surface area contributed by atoms with Gasteiger partial charge in [0.1, 0.15) is 5.76 Å². The zero-order valence-electron chi connectivity index (χ0n) is 19.7. The third kappa shape index (κ3) is 3.41. The monoisotopic (exact) mass is 450 g/mol. The number of amides is 1. The van der Waals surface area contributed by atoms with E-state index in [0.717, 1.165) is 33.2 Å². The third-order valence-electron chi connectivity index (χ3n) is 6.48. The van der Waals surface area contributed by atoms with Gasteiger partial charge < -0.3 is 9.67 Å². The van der Waals surface area contributed by atoms with Crippen molar-refractivity contribution in [3.8, 4) is 0 Å². The van der Waals surface area contributed by atoms with E-state index in [4.69, 9.17) is 0 Å². The van der Waals surface area contributed by atoms with E-state index < -0.39 is 17.7 Å². The molecular formula is C29H26N2O3. The molecule has 1 unspecified atom stereocenters. The lowest BCUT2D eigenvalue weighted by Gasteiger charge is -2.25. The molecule has 1 aliphatic rings. The second kappa shape index (κ2) is 8.03. The van der Waals surface area contributed by atoms with Crippen molar-refractivity contribution in [2.45, 2.75) is 26.8 Å². The zero-order valence-corrected chi connectivity index (χ0v) is 19.7. The van der Waals surface area contributed by atoms with E-state index >= 15 is 0 Å². The van der Waals surface area contributed by atoms with E-state index in [1.807, 2.05) is 93.2 Å². The number of ketones is 1. The first kappa shape index (κ1) is 21.7. The number of nitrogens with zero attached hydrogens (tertiary/aromatic N) is 2. The van der Waals surface area contributed by atoms with Crippen LogP contribution in [0.4, 0.5) is 5.69 Å². The summed E-state index contributed by atoms with van der Waals surface area (Å²) in [6.45, 7) is 5.89. The van der Waals surface area contributed by atoms with Crippen LogP contribution < -0.4 is 4.90 Å². The molecule has 1 aliphatic heterocycles. The van der Waals surface area contributed by atoms with Crippen LogP contribution in [0.15, 0.2) is 78.5 Å². The van der Waals surface area contributed by atoms with E-state index in [1.165, 1.54) is 4.90 Å². The molecule has 1 saturated heterocycles. The Morgan fingerprint density at radius 3 is 2.18 bits per heavy atom. The quantitative estimate of drug-likeness (QED) is 0.246. The molecule has 0 bridgehead atoms. The number of carbonyl (C=O) groups is 2. The lowest BCUT2D eigenvalue weighted by atomic mass is 9.94. The highest BCUT2D eigenvalue weighted by Crippen LogP contribution is 2.45. The number of para-hydroxylation sites is 1. The number of Topliss-reactive ketones (excluding diaryl/α,β-unsaturated/α-hetero) is 1. The van der Waals surface area contributed by atoms with Crippen molar-refractivity contribution in [1.82, 2.24) is 4.57 Å². The van der Waals surface area contributed by atoms with Gasteiger partial charge in [0.15, 0.2) is 0 Å². The molecule has 4 aromatic rings. The van der Waals surface area contributed by atoms with E-state index in [0.29, 0.717) is 11.3 Å². The number of fused-ring (bicyclic) bond motifs is 1. The van der Waals surface area contributed by atoms with E-state index in [2.05, 4.69) is 0 Å². The Hall–Kier alpha value is -4.12. The molecule has 3 aromatic carbocycles. The van der Waals surface area contributed by atoms with Gasteiger partial charge in [-0.3, -0.25) is 14.5 Å². The molecule has 34 heavy (non-hydrogen) atoms. The van der Waals surface area contributed by atoms with Gasteiger partial charge in [-0.05, 0) is 50.1 Å². The first-order valence-corrected chi connectivity index (χ1v) is 11.3. The van der Waals surface area contributed by atoms with Crippen molar-refractivity contribution in [3.63, 3.8) is 0 Å². The molecule has 1 amide bonds. The van der Waals surface area contributed by atoms with Crippen LogP contribution in [0.1, 0.15) is 33.9 Å². The minimum absolute atomic E-state index is 0.101. The molecular weight excluding hydrogens is 424 g/mol. The van der Waals surface area contributed by atoms with Crippen molar-refractivity contribution in [3.05, 3.63) is 106 Å². The molecule has 1 N–H and O–H groups in total. The Balaban J connectivity index is 1.82. The maximum Gasteiger partial charge on any atom is 0.300 e. The maximum atomic E-state index is 13.5. The summed E-state index contributed by atoms with van der Waals surface area (Å²) in [6.07, 6.45) is 1.94. The minimum Gasteiger partial charge on any atom is -0.507 e. The number of aliphatic hydroxyl groups excluding tert-OH is 1. The van der Waals surface area contributed by atoms with Crippen LogP contribution in [-0.4, -0.2) is 21.4 Å². The van der Waals surface area contributed by atoms with Crippen molar-refractivity contribution < 1.29 is 14.7 Å². The molecule has 1 aromatic heterocycles. The number of aromatic nitrogens is 1. The standard InChI is InChI=1S/C29H26N2O3/c1-17-9-11-20(12-10-17)27(32)25-26(23-16-30(4)24-8-6-5-7-22(23)24)31(29(34)28(25)33)21-14-18(2)13-19(3)15-21/h5-16,26,32H,1-4H3/b27-25+. The number of aliphatic hydroxyl groups is 1. The van der Waals surface area contributed by atoms with Crippen LogP contribution in [-0.2, 0) is 16.6 Å². The van der Waals surface area contributed by atoms with Crippen LogP contribution in [0.5, 0.6) is 0 Å². The Morgan fingerprint density at radius 1 is 0.853 bits per heavy atom. The average molecular weight is 451 g/mol. The molecule has 5 rings (SSSR count). The zero-order chi connectivity index (χ0) is 24.1. The molecule has 0 saturated carbocycles. The van der Waals surface area contributed by atoms with E-state index in [9.17, 15) is 14.7 Å². The lowest BCUT2D eigenvalue weighted by Crippen LogP contribution is -2.29. The summed E-state index contributed by atoms with van der Waals surface area (Å²) >= 11 is 0. The van der Waals surface area contributed by atoms with Gasteiger partial charge >= 0.3 is 0 Å². The largest absolute Gasteiger partial charge is 0.507 e. The van der Waals surface area contributed by atoms with Crippen molar-refractivity contribution in [1.29, 1.82) is 0 Å². The fraction of sp³-hybridized carbons (Fsp3) is 0.172. The summed E-state index contributed by atoms with van der Waals surface area (Å²) in [4.78, 5) is 28.5. The van der Waals surface area contributed by atoms with Gasteiger partial charge in [0.2, 0.25) is 0 Å². The van der Waals surface area contributed by atoms with Crippen LogP contribution in [0.25, 0.3) is 16.7 Å². The van der Waals surface area contributed by atoms with Gasteiger partial charge in [0.25, 0.3) is 11.7 Å².